The van der Waals surface area contributed by atoms with Crippen molar-refractivity contribution in [2.24, 2.45) is 0 Å². The van der Waals surface area contributed by atoms with Gasteiger partial charge < -0.3 is 20.5 Å². The summed E-state index contributed by atoms with van der Waals surface area (Å²) in [7, 11) is 3.14. The van der Waals surface area contributed by atoms with E-state index in [0.717, 1.165) is 10.8 Å². The number of likely N-dealkylation sites (N-methyl/N-ethyl adjacent to an activating group) is 1. The first-order chi connectivity index (χ1) is 10.0. The molecule has 5 nitrogen and oxygen atoms in total. The number of ether oxygens (including phenoxy) is 1. The highest BCUT2D eigenvalue weighted by molar-refractivity contribution is 6.03. The summed E-state index contributed by atoms with van der Waals surface area (Å²) in [5, 5.41) is 11.7. The highest BCUT2D eigenvalue weighted by atomic mass is 16.5. The number of hydrogen-bond acceptors (Lipinski definition) is 4. The van der Waals surface area contributed by atoms with Crippen LogP contribution in [-0.2, 0) is 4.74 Å². The van der Waals surface area contributed by atoms with E-state index in [1.807, 2.05) is 24.3 Å². The minimum atomic E-state index is -0.717. The summed E-state index contributed by atoms with van der Waals surface area (Å²) in [5.41, 5.74) is 6.86. The topological polar surface area (TPSA) is 75.8 Å². The van der Waals surface area contributed by atoms with E-state index >= 15 is 0 Å². The molecule has 112 valence electrons. The second-order valence-electron chi connectivity index (χ2n) is 5.08. The fraction of sp³-hybridized carbons (Fsp3) is 0.312. The second-order valence-corrected chi connectivity index (χ2v) is 5.08. The summed E-state index contributed by atoms with van der Waals surface area (Å²) >= 11 is 0. The molecule has 0 aliphatic carbocycles. The van der Waals surface area contributed by atoms with Gasteiger partial charge in [0.15, 0.2) is 0 Å². The number of benzene rings is 2. The van der Waals surface area contributed by atoms with Crippen LogP contribution < -0.4 is 5.73 Å². The number of methoxy groups -OCH3 is 1. The quantitative estimate of drug-likeness (QED) is 0.818. The van der Waals surface area contributed by atoms with Gasteiger partial charge in [-0.2, -0.15) is 0 Å². The lowest BCUT2D eigenvalue weighted by atomic mass is 10.0. The molecule has 0 radical (unpaired) electrons. The Bertz CT molecular complexity index is 642. The average molecular weight is 288 g/mol. The average Bonchev–Trinajstić information content (AvgIpc) is 2.46. The van der Waals surface area contributed by atoms with Gasteiger partial charge in [0.25, 0.3) is 5.91 Å². The van der Waals surface area contributed by atoms with Crippen molar-refractivity contribution >= 4 is 22.4 Å². The molecule has 21 heavy (non-hydrogen) atoms. The number of nitrogens with two attached hydrogens (primary N) is 1. The van der Waals surface area contributed by atoms with Crippen molar-refractivity contribution in [2.45, 2.75) is 6.10 Å². The number of aliphatic hydroxyl groups is 1. The molecule has 0 heterocycles. The van der Waals surface area contributed by atoms with E-state index in [1.165, 1.54) is 12.0 Å². The third-order valence-corrected chi connectivity index (χ3v) is 3.34. The molecule has 3 N–H and O–H groups in total. The lowest BCUT2D eigenvalue weighted by Gasteiger charge is -2.21. The molecule has 1 atom stereocenters. The van der Waals surface area contributed by atoms with Gasteiger partial charge in [-0.25, -0.2) is 0 Å². The van der Waals surface area contributed by atoms with Gasteiger partial charge in [-0.3, -0.25) is 4.79 Å². The first kappa shape index (κ1) is 15.3. The van der Waals surface area contributed by atoms with Crippen molar-refractivity contribution in [1.29, 1.82) is 0 Å². The van der Waals surface area contributed by atoms with Crippen LogP contribution in [0.5, 0.6) is 0 Å². The fourth-order valence-corrected chi connectivity index (χ4v) is 2.29. The van der Waals surface area contributed by atoms with Crippen LogP contribution in [-0.4, -0.2) is 49.3 Å². The SMILES string of the molecule is COCC(O)CN(C)C(=O)c1cc2ccccc2cc1N. The van der Waals surface area contributed by atoms with Crippen LogP contribution in [0.1, 0.15) is 10.4 Å². The molecular formula is C16H20N2O3. The Hall–Kier alpha value is -2.11. The third-order valence-electron chi connectivity index (χ3n) is 3.34. The van der Waals surface area contributed by atoms with Crippen molar-refractivity contribution < 1.29 is 14.6 Å². The normalized spacial score (nSPS) is 12.3. The Morgan fingerprint density at radius 1 is 1.33 bits per heavy atom. The molecule has 0 saturated carbocycles. The van der Waals surface area contributed by atoms with Crippen LogP contribution in [0, 0.1) is 0 Å². The number of fused-ring (bicyclic) bond motifs is 1. The van der Waals surface area contributed by atoms with Gasteiger partial charge in [0.05, 0.1) is 18.3 Å². The Balaban J connectivity index is 2.24. The highest BCUT2D eigenvalue weighted by Gasteiger charge is 2.18. The van der Waals surface area contributed by atoms with Gasteiger partial charge in [0, 0.05) is 26.4 Å². The number of carbonyl (C=O) groups excluding carboxylic acids is 1. The molecule has 1 amide bonds. The van der Waals surface area contributed by atoms with Crippen LogP contribution >= 0.6 is 0 Å². The molecule has 2 aromatic rings. The maximum absolute atomic E-state index is 12.4. The fourth-order valence-electron chi connectivity index (χ4n) is 2.29. The summed E-state index contributed by atoms with van der Waals surface area (Å²) < 4.78 is 4.86. The molecular weight excluding hydrogens is 268 g/mol. The van der Waals surface area contributed by atoms with Gasteiger partial charge in [-0.15, -0.1) is 0 Å². The summed E-state index contributed by atoms with van der Waals surface area (Å²) in [6.45, 7) is 0.379. The molecule has 0 aliphatic heterocycles. The number of amides is 1. The van der Waals surface area contributed by atoms with Crippen LogP contribution in [0.3, 0.4) is 0 Å². The minimum absolute atomic E-state index is 0.185. The Morgan fingerprint density at radius 2 is 1.95 bits per heavy atom. The van der Waals surface area contributed by atoms with Crippen molar-refractivity contribution in [2.75, 3.05) is 33.0 Å². The standard InChI is InChI=1S/C16H20N2O3/c1-18(9-13(19)10-21-2)16(20)14-7-11-5-3-4-6-12(11)8-15(14)17/h3-8,13,19H,9-10,17H2,1-2H3. The Kier molecular flexibility index (Phi) is 4.77. The predicted octanol–water partition coefficient (Wildman–Crippen LogP) is 1.50. The summed E-state index contributed by atoms with van der Waals surface area (Å²) in [6.07, 6.45) is -0.717. The zero-order valence-corrected chi connectivity index (χ0v) is 12.2. The second kappa shape index (κ2) is 6.56. The van der Waals surface area contributed by atoms with Crippen molar-refractivity contribution in [3.63, 3.8) is 0 Å². The number of anilines is 1. The van der Waals surface area contributed by atoms with Gasteiger partial charge in [0.1, 0.15) is 0 Å². The van der Waals surface area contributed by atoms with Crippen LogP contribution in [0.15, 0.2) is 36.4 Å². The molecule has 1 unspecified atom stereocenters. The van der Waals surface area contributed by atoms with E-state index in [2.05, 4.69) is 0 Å². The smallest absolute Gasteiger partial charge is 0.255 e. The molecule has 2 aromatic carbocycles. The number of aliphatic hydroxyl groups excluding tert-OH is 1. The number of carbonyl (C=O) groups is 1. The number of nitrogens with zero attached hydrogens (tertiary/aromatic N) is 1. The van der Waals surface area contributed by atoms with Crippen molar-refractivity contribution in [1.82, 2.24) is 4.90 Å². The van der Waals surface area contributed by atoms with Gasteiger partial charge in [-0.05, 0) is 22.9 Å². The highest BCUT2D eigenvalue weighted by Crippen LogP contribution is 2.22. The molecule has 0 aliphatic rings. The first-order valence-electron chi connectivity index (χ1n) is 6.73. The molecule has 0 bridgehead atoms. The lowest BCUT2D eigenvalue weighted by molar-refractivity contribution is 0.0380. The number of hydrogen-bond donors (Lipinski definition) is 2. The van der Waals surface area contributed by atoms with Gasteiger partial charge in [0.2, 0.25) is 0 Å². The van der Waals surface area contributed by atoms with Crippen molar-refractivity contribution in [3.05, 3.63) is 42.0 Å². The maximum atomic E-state index is 12.4. The van der Waals surface area contributed by atoms with Crippen LogP contribution in [0.2, 0.25) is 0 Å². The Morgan fingerprint density at radius 3 is 2.57 bits per heavy atom. The minimum Gasteiger partial charge on any atom is -0.398 e. The summed E-state index contributed by atoms with van der Waals surface area (Å²) in [4.78, 5) is 13.9. The maximum Gasteiger partial charge on any atom is 0.255 e. The van der Waals surface area contributed by atoms with Crippen LogP contribution in [0.25, 0.3) is 10.8 Å². The van der Waals surface area contributed by atoms with Gasteiger partial charge in [-0.1, -0.05) is 24.3 Å². The molecule has 5 heteroatoms. The number of nitrogen functional groups attached to an aromatic ring is 1. The Labute approximate surface area is 123 Å². The van der Waals surface area contributed by atoms with E-state index in [1.54, 1.807) is 19.2 Å². The molecule has 0 saturated heterocycles. The summed E-state index contributed by atoms with van der Waals surface area (Å²) in [6, 6.07) is 11.3. The van der Waals surface area contributed by atoms with Crippen molar-refractivity contribution in [3.8, 4) is 0 Å². The van der Waals surface area contributed by atoms with E-state index in [0.29, 0.717) is 11.3 Å². The van der Waals surface area contributed by atoms with Crippen LogP contribution in [0.4, 0.5) is 5.69 Å². The predicted molar refractivity (Wildman–Crippen MR) is 83.2 cm³/mol. The zero-order chi connectivity index (χ0) is 15.4. The lowest BCUT2D eigenvalue weighted by Crippen LogP contribution is -2.36. The van der Waals surface area contributed by atoms with E-state index in [9.17, 15) is 9.90 Å². The molecule has 2 rings (SSSR count). The number of rotatable bonds is 5. The summed E-state index contributed by atoms with van der Waals surface area (Å²) in [5.74, 6) is -0.214. The zero-order valence-electron chi connectivity index (χ0n) is 12.2. The van der Waals surface area contributed by atoms with E-state index in [-0.39, 0.29) is 19.1 Å². The van der Waals surface area contributed by atoms with E-state index < -0.39 is 6.10 Å². The van der Waals surface area contributed by atoms with Gasteiger partial charge >= 0.3 is 0 Å². The third kappa shape index (κ3) is 3.51. The molecule has 0 spiro atoms. The van der Waals surface area contributed by atoms with E-state index in [4.69, 9.17) is 10.5 Å². The molecule has 0 aromatic heterocycles. The monoisotopic (exact) mass is 288 g/mol. The largest absolute Gasteiger partial charge is 0.398 e. The molecule has 0 fully saturated rings. The first-order valence-corrected chi connectivity index (χ1v) is 6.73.